The van der Waals surface area contributed by atoms with Gasteiger partial charge in [-0.25, -0.2) is 0 Å². The molecule has 2 rings (SSSR count). The Kier molecular flexibility index (Phi) is 6.15. The van der Waals surface area contributed by atoms with Crippen LogP contribution in [0.2, 0.25) is 0 Å². The van der Waals surface area contributed by atoms with E-state index in [1.54, 1.807) is 0 Å². The molecular formula is C16H25NO3. The molecule has 4 heteroatoms. The molecule has 2 atom stereocenters. The molecule has 0 radical (unpaired) electrons. The average Bonchev–Trinajstić information content (AvgIpc) is 2.47. The number of nitrogens with one attached hydrogen (secondary N) is 1. The van der Waals surface area contributed by atoms with Crippen LogP contribution < -0.4 is 14.8 Å². The summed E-state index contributed by atoms with van der Waals surface area (Å²) in [5, 5.41) is 3.55. The third-order valence-corrected chi connectivity index (χ3v) is 3.36. The van der Waals surface area contributed by atoms with Crippen LogP contribution in [0.1, 0.15) is 26.7 Å². The van der Waals surface area contributed by atoms with Gasteiger partial charge in [0.15, 0.2) is 0 Å². The van der Waals surface area contributed by atoms with Crippen LogP contribution >= 0.6 is 0 Å². The van der Waals surface area contributed by atoms with Crippen LogP contribution in [0.15, 0.2) is 24.3 Å². The van der Waals surface area contributed by atoms with E-state index in [1.807, 2.05) is 31.2 Å². The van der Waals surface area contributed by atoms with Crippen LogP contribution in [0.25, 0.3) is 0 Å². The Morgan fingerprint density at radius 3 is 2.95 bits per heavy atom. The first-order valence-corrected chi connectivity index (χ1v) is 7.54. The molecule has 0 aliphatic carbocycles. The van der Waals surface area contributed by atoms with E-state index in [9.17, 15) is 0 Å². The lowest BCUT2D eigenvalue weighted by molar-refractivity contribution is -0.0147. The van der Waals surface area contributed by atoms with Crippen LogP contribution in [-0.2, 0) is 4.74 Å². The van der Waals surface area contributed by atoms with E-state index in [0.29, 0.717) is 19.3 Å². The standard InChI is InChI=1S/C16H25NO3/c1-3-9-17-15-8-10-18-12-16(15)20-14-7-5-6-13(11-14)19-4-2/h5-7,11,15-17H,3-4,8-10,12H2,1-2H3. The summed E-state index contributed by atoms with van der Waals surface area (Å²) in [4.78, 5) is 0. The Balaban J connectivity index is 1.96. The molecule has 1 aliphatic heterocycles. The summed E-state index contributed by atoms with van der Waals surface area (Å²) in [7, 11) is 0. The Labute approximate surface area is 121 Å². The lowest BCUT2D eigenvalue weighted by Gasteiger charge is -2.32. The third kappa shape index (κ3) is 4.39. The molecule has 0 spiro atoms. The summed E-state index contributed by atoms with van der Waals surface area (Å²) in [5.41, 5.74) is 0. The van der Waals surface area contributed by atoms with Gasteiger partial charge in [0.05, 0.1) is 13.2 Å². The molecule has 1 fully saturated rings. The highest BCUT2D eigenvalue weighted by molar-refractivity contribution is 5.33. The van der Waals surface area contributed by atoms with Crippen LogP contribution in [0.3, 0.4) is 0 Å². The lowest BCUT2D eigenvalue weighted by atomic mass is 10.1. The maximum absolute atomic E-state index is 6.08. The van der Waals surface area contributed by atoms with Gasteiger partial charge >= 0.3 is 0 Å². The van der Waals surface area contributed by atoms with E-state index in [-0.39, 0.29) is 6.10 Å². The summed E-state index contributed by atoms with van der Waals surface area (Å²) in [6, 6.07) is 8.17. The van der Waals surface area contributed by atoms with Crippen molar-refractivity contribution in [1.82, 2.24) is 5.32 Å². The smallest absolute Gasteiger partial charge is 0.137 e. The van der Waals surface area contributed by atoms with Gasteiger partial charge in [0, 0.05) is 18.7 Å². The van der Waals surface area contributed by atoms with E-state index >= 15 is 0 Å². The molecule has 1 aliphatic rings. The molecule has 0 aromatic heterocycles. The molecule has 0 bridgehead atoms. The van der Waals surface area contributed by atoms with Gasteiger partial charge in [-0.05, 0) is 38.4 Å². The first-order chi connectivity index (χ1) is 9.83. The molecule has 1 heterocycles. The van der Waals surface area contributed by atoms with Crippen molar-refractivity contribution in [2.45, 2.75) is 38.8 Å². The second kappa shape index (κ2) is 8.12. The zero-order valence-electron chi connectivity index (χ0n) is 12.4. The number of hydrogen-bond donors (Lipinski definition) is 1. The third-order valence-electron chi connectivity index (χ3n) is 3.36. The fraction of sp³-hybridized carbons (Fsp3) is 0.625. The van der Waals surface area contributed by atoms with Crippen molar-refractivity contribution in [3.8, 4) is 11.5 Å². The summed E-state index contributed by atoms with van der Waals surface area (Å²) in [6.45, 7) is 7.28. The van der Waals surface area contributed by atoms with Crippen LogP contribution in [0, 0.1) is 0 Å². The summed E-state index contributed by atoms with van der Waals surface area (Å²) >= 11 is 0. The van der Waals surface area contributed by atoms with Crippen LogP contribution in [0.4, 0.5) is 0 Å². The minimum Gasteiger partial charge on any atom is -0.494 e. The fourth-order valence-corrected chi connectivity index (χ4v) is 2.37. The van der Waals surface area contributed by atoms with E-state index in [1.165, 1.54) is 0 Å². The van der Waals surface area contributed by atoms with Crippen molar-refractivity contribution >= 4 is 0 Å². The van der Waals surface area contributed by atoms with E-state index in [4.69, 9.17) is 14.2 Å². The van der Waals surface area contributed by atoms with Crippen molar-refractivity contribution in [3.05, 3.63) is 24.3 Å². The maximum Gasteiger partial charge on any atom is 0.137 e. The lowest BCUT2D eigenvalue weighted by Crippen LogP contribution is -2.49. The topological polar surface area (TPSA) is 39.7 Å². The molecule has 0 amide bonds. The number of rotatable bonds is 7. The van der Waals surface area contributed by atoms with Gasteiger partial charge < -0.3 is 19.5 Å². The average molecular weight is 279 g/mol. The van der Waals surface area contributed by atoms with Crippen LogP contribution in [0.5, 0.6) is 11.5 Å². The van der Waals surface area contributed by atoms with E-state index in [2.05, 4.69) is 12.2 Å². The molecule has 0 saturated carbocycles. The Morgan fingerprint density at radius 1 is 1.30 bits per heavy atom. The van der Waals surface area contributed by atoms with Crippen molar-refractivity contribution in [3.63, 3.8) is 0 Å². The number of benzene rings is 1. The number of hydrogen-bond acceptors (Lipinski definition) is 4. The molecule has 20 heavy (non-hydrogen) atoms. The van der Waals surface area contributed by atoms with Gasteiger partial charge in [-0.2, -0.15) is 0 Å². The predicted molar refractivity (Wildman–Crippen MR) is 79.5 cm³/mol. The second-order valence-corrected chi connectivity index (χ2v) is 4.99. The molecule has 4 nitrogen and oxygen atoms in total. The van der Waals surface area contributed by atoms with Gasteiger partial charge in [-0.1, -0.05) is 13.0 Å². The second-order valence-electron chi connectivity index (χ2n) is 4.99. The highest BCUT2D eigenvalue weighted by Crippen LogP contribution is 2.22. The summed E-state index contributed by atoms with van der Waals surface area (Å²) < 4.78 is 17.1. The molecule has 112 valence electrons. The van der Waals surface area contributed by atoms with Crippen molar-refractivity contribution in [1.29, 1.82) is 0 Å². The molecular weight excluding hydrogens is 254 g/mol. The molecule has 1 N–H and O–H groups in total. The van der Waals surface area contributed by atoms with Crippen molar-refractivity contribution in [2.75, 3.05) is 26.4 Å². The van der Waals surface area contributed by atoms with Crippen molar-refractivity contribution < 1.29 is 14.2 Å². The fourth-order valence-electron chi connectivity index (χ4n) is 2.37. The first kappa shape index (κ1) is 15.1. The predicted octanol–water partition coefficient (Wildman–Crippen LogP) is 2.62. The van der Waals surface area contributed by atoms with Gasteiger partial charge in [-0.15, -0.1) is 0 Å². The molecule has 1 aromatic rings. The van der Waals surface area contributed by atoms with Crippen molar-refractivity contribution in [2.24, 2.45) is 0 Å². The quantitative estimate of drug-likeness (QED) is 0.833. The Morgan fingerprint density at radius 2 is 2.15 bits per heavy atom. The van der Waals surface area contributed by atoms with E-state index < -0.39 is 0 Å². The SMILES string of the molecule is CCCNC1CCOCC1Oc1cccc(OCC)c1. The minimum atomic E-state index is 0.0622. The molecule has 2 unspecified atom stereocenters. The maximum atomic E-state index is 6.08. The van der Waals surface area contributed by atoms with Gasteiger partial charge in [0.1, 0.15) is 17.6 Å². The Hall–Kier alpha value is -1.26. The van der Waals surface area contributed by atoms with E-state index in [0.717, 1.165) is 37.5 Å². The summed E-state index contributed by atoms with van der Waals surface area (Å²) in [5.74, 6) is 1.69. The normalized spacial score (nSPS) is 22.5. The molecule has 1 saturated heterocycles. The van der Waals surface area contributed by atoms with Gasteiger partial charge in [0.25, 0.3) is 0 Å². The monoisotopic (exact) mass is 279 g/mol. The summed E-state index contributed by atoms with van der Waals surface area (Å²) in [6.07, 6.45) is 2.19. The minimum absolute atomic E-state index is 0.0622. The largest absolute Gasteiger partial charge is 0.494 e. The van der Waals surface area contributed by atoms with Crippen LogP contribution in [-0.4, -0.2) is 38.5 Å². The zero-order valence-corrected chi connectivity index (χ0v) is 12.4. The Bertz CT molecular complexity index is 397. The van der Waals surface area contributed by atoms with Gasteiger partial charge in [-0.3, -0.25) is 0 Å². The zero-order chi connectivity index (χ0) is 14.2. The number of ether oxygens (including phenoxy) is 3. The highest BCUT2D eigenvalue weighted by Gasteiger charge is 2.26. The van der Waals surface area contributed by atoms with Gasteiger partial charge in [0.2, 0.25) is 0 Å². The highest BCUT2D eigenvalue weighted by atomic mass is 16.5. The first-order valence-electron chi connectivity index (χ1n) is 7.54. The molecule has 1 aromatic carbocycles.